The maximum Gasteiger partial charge on any atom is 0.254 e. The summed E-state index contributed by atoms with van der Waals surface area (Å²) in [5.74, 6) is -1.11. The van der Waals surface area contributed by atoms with Crippen LogP contribution in [0.3, 0.4) is 0 Å². The summed E-state index contributed by atoms with van der Waals surface area (Å²) >= 11 is 13.0. The standard InChI is InChI=1S/C30H30Cl2N4O3/c1-35(18-19-7-3-2-4-8-19)33-29(37)27-23-9-5-6-10-24(23)30(38)36(22-14-12-21(34-39)13-15-22)28(27)25-16-11-20(31)17-26(25)32/h2-11,16-17,21-22,27-28H,12-15,18H2,1H3,(H,33,37)/t21-,22-,27-,28+/m1/s1. The summed E-state index contributed by atoms with van der Waals surface area (Å²) in [4.78, 5) is 41.2. The van der Waals surface area contributed by atoms with Gasteiger partial charge in [0.2, 0.25) is 5.91 Å². The molecule has 1 aliphatic carbocycles. The molecular weight excluding hydrogens is 535 g/mol. The minimum atomic E-state index is -0.724. The Morgan fingerprint density at radius 2 is 1.67 bits per heavy atom. The topological polar surface area (TPSA) is 82.1 Å². The van der Waals surface area contributed by atoms with E-state index in [1.165, 1.54) is 0 Å². The molecule has 1 aliphatic heterocycles. The third kappa shape index (κ3) is 5.71. The van der Waals surface area contributed by atoms with Crippen LogP contribution in [0, 0.1) is 4.91 Å². The second kappa shape index (κ2) is 11.9. The quantitative estimate of drug-likeness (QED) is 0.262. The fraction of sp³-hybridized carbons (Fsp3) is 0.333. The number of fused-ring (bicyclic) bond motifs is 1. The van der Waals surface area contributed by atoms with Gasteiger partial charge in [0.05, 0.1) is 18.0 Å². The highest BCUT2D eigenvalue weighted by molar-refractivity contribution is 6.35. The maximum absolute atomic E-state index is 14.1. The molecule has 1 fully saturated rings. The number of nitrogens with one attached hydrogen (secondary N) is 1. The van der Waals surface area contributed by atoms with Gasteiger partial charge in [0.1, 0.15) is 0 Å². The van der Waals surface area contributed by atoms with Crippen LogP contribution in [0.1, 0.15) is 64.7 Å². The lowest BCUT2D eigenvalue weighted by molar-refractivity contribution is -0.129. The van der Waals surface area contributed by atoms with Crippen LogP contribution in [0.2, 0.25) is 10.0 Å². The van der Waals surface area contributed by atoms with Crippen molar-refractivity contribution in [3.63, 3.8) is 0 Å². The average Bonchev–Trinajstić information content (AvgIpc) is 2.93. The van der Waals surface area contributed by atoms with Crippen LogP contribution >= 0.6 is 23.2 Å². The predicted molar refractivity (Wildman–Crippen MR) is 152 cm³/mol. The molecule has 9 heteroatoms. The van der Waals surface area contributed by atoms with Crippen molar-refractivity contribution in [2.75, 3.05) is 7.05 Å². The molecular formula is C30H30Cl2N4O3. The monoisotopic (exact) mass is 564 g/mol. The lowest BCUT2D eigenvalue weighted by Crippen LogP contribution is -2.53. The van der Waals surface area contributed by atoms with Crippen LogP contribution < -0.4 is 5.43 Å². The normalized spacial score (nSPS) is 22.9. The lowest BCUT2D eigenvalue weighted by Gasteiger charge is -2.47. The molecule has 2 aliphatic rings. The van der Waals surface area contributed by atoms with Crippen molar-refractivity contribution in [1.29, 1.82) is 0 Å². The molecule has 3 aromatic carbocycles. The summed E-state index contributed by atoms with van der Waals surface area (Å²) in [7, 11) is 1.82. The summed E-state index contributed by atoms with van der Waals surface area (Å²) in [6, 6.07) is 21.2. The van der Waals surface area contributed by atoms with Gasteiger partial charge in [-0.15, -0.1) is 0 Å². The third-order valence-electron chi connectivity index (χ3n) is 7.71. The number of benzene rings is 3. The van der Waals surface area contributed by atoms with Gasteiger partial charge in [-0.1, -0.05) is 83.0 Å². The molecule has 0 spiro atoms. The molecule has 2 atom stereocenters. The van der Waals surface area contributed by atoms with Crippen LogP contribution in [-0.2, 0) is 11.3 Å². The van der Waals surface area contributed by atoms with E-state index in [2.05, 4.69) is 10.6 Å². The number of rotatable bonds is 7. The fourth-order valence-electron chi connectivity index (χ4n) is 5.90. The van der Waals surface area contributed by atoms with Crippen molar-refractivity contribution in [2.45, 2.75) is 56.3 Å². The minimum Gasteiger partial charge on any atom is -0.327 e. The first-order chi connectivity index (χ1) is 18.9. The van der Waals surface area contributed by atoms with Gasteiger partial charge in [0.25, 0.3) is 5.91 Å². The number of nitroso groups, excluding NO2 is 1. The van der Waals surface area contributed by atoms with E-state index in [9.17, 15) is 14.5 Å². The number of carbonyl (C=O) groups is 2. The first kappa shape index (κ1) is 27.3. The molecule has 202 valence electrons. The van der Waals surface area contributed by atoms with Gasteiger partial charge in [0, 0.05) is 35.2 Å². The number of nitrogens with zero attached hydrogens (tertiary/aromatic N) is 3. The largest absolute Gasteiger partial charge is 0.327 e. The van der Waals surface area contributed by atoms with E-state index in [1.807, 2.05) is 60.5 Å². The zero-order valence-electron chi connectivity index (χ0n) is 21.6. The summed E-state index contributed by atoms with van der Waals surface area (Å²) in [6.45, 7) is 0.513. The molecule has 0 bridgehead atoms. The van der Waals surface area contributed by atoms with Gasteiger partial charge in [-0.05, 0) is 60.6 Å². The van der Waals surface area contributed by atoms with E-state index in [0.29, 0.717) is 59.0 Å². The molecule has 0 unspecified atom stereocenters. The number of hydrogen-bond acceptors (Lipinski definition) is 5. The van der Waals surface area contributed by atoms with Crippen LogP contribution in [0.5, 0.6) is 0 Å². The first-order valence-electron chi connectivity index (χ1n) is 13.1. The molecule has 5 rings (SSSR count). The highest BCUT2D eigenvalue weighted by Gasteiger charge is 2.48. The van der Waals surface area contributed by atoms with E-state index in [0.717, 1.165) is 5.56 Å². The molecule has 1 N–H and O–H groups in total. The number of carbonyl (C=O) groups excluding carboxylic acids is 2. The van der Waals surface area contributed by atoms with Gasteiger partial charge >= 0.3 is 0 Å². The third-order valence-corrected chi connectivity index (χ3v) is 8.27. The van der Waals surface area contributed by atoms with Crippen molar-refractivity contribution in [2.24, 2.45) is 5.18 Å². The Morgan fingerprint density at radius 3 is 2.36 bits per heavy atom. The first-order valence-corrected chi connectivity index (χ1v) is 13.9. The zero-order valence-corrected chi connectivity index (χ0v) is 23.1. The van der Waals surface area contributed by atoms with Crippen LogP contribution in [0.15, 0.2) is 78.0 Å². The molecule has 1 heterocycles. The van der Waals surface area contributed by atoms with E-state index in [4.69, 9.17) is 23.2 Å². The van der Waals surface area contributed by atoms with E-state index >= 15 is 0 Å². The average molecular weight is 566 g/mol. The Hall–Kier alpha value is -3.26. The van der Waals surface area contributed by atoms with Gasteiger partial charge in [-0.25, -0.2) is 5.01 Å². The Morgan fingerprint density at radius 1 is 0.974 bits per heavy atom. The summed E-state index contributed by atoms with van der Waals surface area (Å²) in [5, 5.41) is 5.85. The molecule has 3 aromatic rings. The van der Waals surface area contributed by atoms with Crippen molar-refractivity contribution >= 4 is 35.0 Å². The number of hydrogen-bond donors (Lipinski definition) is 1. The molecule has 0 saturated heterocycles. The number of halogens is 2. The second-order valence-corrected chi connectivity index (χ2v) is 11.1. The molecule has 1 saturated carbocycles. The van der Waals surface area contributed by atoms with E-state index < -0.39 is 12.0 Å². The van der Waals surface area contributed by atoms with E-state index in [1.54, 1.807) is 29.3 Å². The minimum absolute atomic E-state index is 0.147. The fourth-order valence-corrected chi connectivity index (χ4v) is 6.42. The van der Waals surface area contributed by atoms with Crippen molar-refractivity contribution in [1.82, 2.24) is 15.3 Å². The highest BCUT2D eigenvalue weighted by atomic mass is 35.5. The number of amides is 2. The second-order valence-electron chi connectivity index (χ2n) is 10.3. The molecule has 2 amide bonds. The summed E-state index contributed by atoms with van der Waals surface area (Å²) in [5.41, 5.74) is 5.92. The summed E-state index contributed by atoms with van der Waals surface area (Å²) in [6.07, 6.45) is 2.43. The molecule has 39 heavy (non-hydrogen) atoms. The van der Waals surface area contributed by atoms with Gasteiger partial charge in [0.15, 0.2) is 0 Å². The SMILES string of the molecule is CN(Cc1ccccc1)NC(=O)[C@@H]1c2ccccc2C(=O)N([C@H]2CC[C@H](N=O)CC2)[C@H]1c1ccc(Cl)cc1Cl. The molecule has 0 radical (unpaired) electrons. The number of hydrazine groups is 1. The Labute approximate surface area is 238 Å². The van der Waals surface area contributed by atoms with Gasteiger partial charge < -0.3 is 4.90 Å². The van der Waals surface area contributed by atoms with Crippen molar-refractivity contribution < 1.29 is 9.59 Å². The van der Waals surface area contributed by atoms with Crippen LogP contribution in [0.25, 0.3) is 0 Å². The van der Waals surface area contributed by atoms with Gasteiger partial charge in [-0.2, -0.15) is 4.91 Å². The maximum atomic E-state index is 14.1. The molecule has 0 aromatic heterocycles. The summed E-state index contributed by atoms with van der Waals surface area (Å²) < 4.78 is 0. The predicted octanol–water partition coefficient (Wildman–Crippen LogP) is 6.51. The van der Waals surface area contributed by atoms with Gasteiger partial charge in [-0.3, -0.25) is 15.0 Å². The van der Waals surface area contributed by atoms with Crippen LogP contribution in [0.4, 0.5) is 0 Å². The van der Waals surface area contributed by atoms with Crippen molar-refractivity contribution in [3.05, 3.63) is 110 Å². The zero-order chi connectivity index (χ0) is 27.5. The van der Waals surface area contributed by atoms with E-state index in [-0.39, 0.29) is 23.9 Å². The van der Waals surface area contributed by atoms with Crippen LogP contribution in [-0.4, -0.2) is 40.9 Å². The Bertz CT molecular complexity index is 1360. The Balaban J connectivity index is 1.57. The smallest absolute Gasteiger partial charge is 0.254 e. The lowest BCUT2D eigenvalue weighted by atomic mass is 9.77. The van der Waals surface area contributed by atoms with Crippen molar-refractivity contribution in [3.8, 4) is 0 Å². The molecule has 7 nitrogen and oxygen atoms in total. The highest BCUT2D eigenvalue weighted by Crippen LogP contribution is 2.47. The Kier molecular flexibility index (Phi) is 8.31.